The monoisotopic (exact) mass is 372 g/mol. The van der Waals surface area contributed by atoms with E-state index in [9.17, 15) is 4.79 Å². The van der Waals surface area contributed by atoms with E-state index in [2.05, 4.69) is 22.7 Å². The highest BCUT2D eigenvalue weighted by atomic mass is 16.5. The van der Waals surface area contributed by atoms with Gasteiger partial charge in [0.15, 0.2) is 0 Å². The average molecular weight is 372 g/mol. The van der Waals surface area contributed by atoms with Crippen LogP contribution in [0.4, 0.5) is 10.5 Å². The van der Waals surface area contributed by atoms with Crippen LogP contribution in [0.15, 0.2) is 24.3 Å². The number of hydrogen-bond donors (Lipinski definition) is 2. The van der Waals surface area contributed by atoms with Gasteiger partial charge in [-0.25, -0.2) is 4.79 Å². The Balaban J connectivity index is 1.57. The van der Waals surface area contributed by atoms with Gasteiger partial charge in [-0.3, -0.25) is 4.68 Å². The summed E-state index contributed by atoms with van der Waals surface area (Å²) in [7, 11) is 0. The van der Waals surface area contributed by atoms with E-state index in [1.807, 2.05) is 42.8 Å². The molecule has 3 rings (SSSR count). The summed E-state index contributed by atoms with van der Waals surface area (Å²) < 4.78 is 13.4. The number of aryl methyl sites for hydroxylation is 2. The summed E-state index contributed by atoms with van der Waals surface area (Å²) in [5.74, 6) is 0.648. The molecule has 7 heteroatoms. The summed E-state index contributed by atoms with van der Waals surface area (Å²) in [6.45, 7) is 8.57. The molecule has 0 spiro atoms. The van der Waals surface area contributed by atoms with E-state index in [4.69, 9.17) is 9.47 Å². The highest BCUT2D eigenvalue weighted by Crippen LogP contribution is 2.25. The van der Waals surface area contributed by atoms with E-state index in [0.29, 0.717) is 24.6 Å². The number of urea groups is 1. The standard InChI is InChI=1S/C20H28N4O3/c1-4-24-15(3)17(14(2)23-24)12-21-20(25)22-18-9-5-6-10-19(18)27-13-16-8-7-11-26-16/h5-6,9-10,16H,4,7-8,11-13H2,1-3H3,(H2,21,22,25)/t16-/m0/s1. The van der Waals surface area contributed by atoms with Gasteiger partial charge in [0.2, 0.25) is 0 Å². The second kappa shape index (κ2) is 8.90. The minimum absolute atomic E-state index is 0.132. The van der Waals surface area contributed by atoms with Crippen LogP contribution in [0.25, 0.3) is 0 Å². The highest BCUT2D eigenvalue weighted by molar-refractivity contribution is 5.90. The van der Waals surface area contributed by atoms with Gasteiger partial charge in [-0.1, -0.05) is 12.1 Å². The number of benzene rings is 1. The summed E-state index contributed by atoms with van der Waals surface area (Å²) in [5.41, 5.74) is 3.71. The fourth-order valence-electron chi connectivity index (χ4n) is 3.29. The molecule has 2 heterocycles. The summed E-state index contributed by atoms with van der Waals surface area (Å²) in [5, 5.41) is 10.3. The van der Waals surface area contributed by atoms with Crippen molar-refractivity contribution in [1.29, 1.82) is 0 Å². The number of aromatic nitrogens is 2. The number of para-hydroxylation sites is 2. The molecule has 146 valence electrons. The molecule has 1 atom stereocenters. The quantitative estimate of drug-likeness (QED) is 0.781. The minimum Gasteiger partial charge on any atom is -0.489 e. The molecule has 0 saturated carbocycles. The topological polar surface area (TPSA) is 77.4 Å². The Morgan fingerprint density at radius 2 is 2.19 bits per heavy atom. The lowest BCUT2D eigenvalue weighted by atomic mass is 10.2. The van der Waals surface area contributed by atoms with Gasteiger partial charge in [-0.15, -0.1) is 0 Å². The molecule has 1 aliphatic rings. The van der Waals surface area contributed by atoms with Crippen LogP contribution < -0.4 is 15.4 Å². The van der Waals surface area contributed by atoms with Gasteiger partial charge in [-0.05, 0) is 45.7 Å². The molecule has 0 bridgehead atoms. The van der Waals surface area contributed by atoms with E-state index >= 15 is 0 Å². The smallest absolute Gasteiger partial charge is 0.319 e. The molecule has 27 heavy (non-hydrogen) atoms. The van der Waals surface area contributed by atoms with E-state index in [1.165, 1.54) is 0 Å². The number of amides is 2. The highest BCUT2D eigenvalue weighted by Gasteiger charge is 2.17. The second-order valence-electron chi connectivity index (χ2n) is 6.72. The van der Waals surface area contributed by atoms with Gasteiger partial charge < -0.3 is 20.1 Å². The normalized spacial score (nSPS) is 16.3. The summed E-state index contributed by atoms with van der Waals surface area (Å²) >= 11 is 0. The molecule has 0 radical (unpaired) electrons. The molecule has 0 unspecified atom stereocenters. The minimum atomic E-state index is -0.272. The third-order valence-corrected chi connectivity index (χ3v) is 4.84. The van der Waals surface area contributed by atoms with Gasteiger partial charge >= 0.3 is 6.03 Å². The van der Waals surface area contributed by atoms with Crippen molar-refractivity contribution in [2.45, 2.75) is 52.8 Å². The maximum atomic E-state index is 12.4. The van der Waals surface area contributed by atoms with E-state index < -0.39 is 0 Å². The van der Waals surface area contributed by atoms with E-state index in [0.717, 1.165) is 42.9 Å². The zero-order valence-corrected chi connectivity index (χ0v) is 16.2. The lowest BCUT2D eigenvalue weighted by Crippen LogP contribution is -2.29. The van der Waals surface area contributed by atoms with Gasteiger partial charge in [-0.2, -0.15) is 5.10 Å². The van der Waals surface area contributed by atoms with Crippen LogP contribution in [0.3, 0.4) is 0 Å². The largest absolute Gasteiger partial charge is 0.489 e. The first kappa shape index (κ1) is 19.2. The number of carbonyl (C=O) groups is 1. The first-order valence-corrected chi connectivity index (χ1v) is 9.49. The Bertz CT molecular complexity index is 782. The van der Waals surface area contributed by atoms with E-state index in [1.54, 1.807) is 0 Å². The Labute approximate surface area is 160 Å². The Morgan fingerprint density at radius 3 is 2.89 bits per heavy atom. The number of nitrogens with one attached hydrogen (secondary N) is 2. The Kier molecular flexibility index (Phi) is 6.34. The SMILES string of the molecule is CCn1nc(C)c(CNC(=O)Nc2ccccc2OC[C@@H]2CCCO2)c1C. The third-order valence-electron chi connectivity index (χ3n) is 4.84. The van der Waals surface area contributed by atoms with Crippen LogP contribution in [-0.2, 0) is 17.8 Å². The van der Waals surface area contributed by atoms with Crippen molar-refractivity contribution in [3.8, 4) is 5.75 Å². The van der Waals surface area contributed by atoms with Crippen molar-refractivity contribution >= 4 is 11.7 Å². The van der Waals surface area contributed by atoms with Gasteiger partial charge in [0.1, 0.15) is 12.4 Å². The number of carbonyl (C=O) groups excluding carboxylic acids is 1. The number of ether oxygens (including phenoxy) is 2. The van der Waals surface area contributed by atoms with Crippen LogP contribution in [0.5, 0.6) is 5.75 Å². The molecule has 1 aromatic heterocycles. The Morgan fingerprint density at radius 1 is 1.37 bits per heavy atom. The number of rotatable bonds is 7. The second-order valence-corrected chi connectivity index (χ2v) is 6.72. The number of nitrogens with zero attached hydrogens (tertiary/aromatic N) is 2. The lowest BCUT2D eigenvalue weighted by molar-refractivity contribution is 0.0682. The number of hydrogen-bond acceptors (Lipinski definition) is 4. The van der Waals surface area contributed by atoms with Gasteiger partial charge in [0.05, 0.1) is 17.5 Å². The van der Waals surface area contributed by atoms with Crippen molar-refractivity contribution in [2.24, 2.45) is 0 Å². The van der Waals surface area contributed by atoms with Crippen LogP contribution in [0.1, 0.15) is 36.7 Å². The zero-order valence-electron chi connectivity index (χ0n) is 16.2. The summed E-state index contributed by atoms with van der Waals surface area (Å²) in [6, 6.07) is 7.17. The van der Waals surface area contributed by atoms with E-state index in [-0.39, 0.29) is 12.1 Å². The molecule has 1 aromatic carbocycles. The first-order chi connectivity index (χ1) is 13.1. The molecule has 2 N–H and O–H groups in total. The lowest BCUT2D eigenvalue weighted by Gasteiger charge is -2.15. The van der Waals surface area contributed by atoms with Crippen molar-refractivity contribution < 1.29 is 14.3 Å². The molecule has 1 fully saturated rings. The van der Waals surface area contributed by atoms with Crippen molar-refractivity contribution in [1.82, 2.24) is 15.1 Å². The third kappa shape index (κ3) is 4.80. The molecule has 7 nitrogen and oxygen atoms in total. The number of anilines is 1. The molecule has 1 aliphatic heterocycles. The zero-order chi connectivity index (χ0) is 19.2. The van der Waals surface area contributed by atoms with Crippen molar-refractivity contribution in [3.05, 3.63) is 41.2 Å². The predicted octanol–water partition coefficient (Wildman–Crippen LogP) is 3.40. The molecule has 0 aliphatic carbocycles. The maximum Gasteiger partial charge on any atom is 0.319 e. The molecular formula is C20H28N4O3. The van der Waals surface area contributed by atoms with Crippen molar-refractivity contribution in [2.75, 3.05) is 18.5 Å². The molecular weight excluding hydrogens is 344 g/mol. The summed E-state index contributed by atoms with van der Waals surface area (Å²) in [6.07, 6.45) is 2.22. The van der Waals surface area contributed by atoms with Crippen LogP contribution in [-0.4, -0.2) is 35.1 Å². The Hall–Kier alpha value is -2.54. The first-order valence-electron chi connectivity index (χ1n) is 9.49. The van der Waals surface area contributed by atoms with Crippen LogP contribution >= 0.6 is 0 Å². The van der Waals surface area contributed by atoms with Gasteiger partial charge in [0, 0.05) is 31.0 Å². The molecule has 2 aromatic rings. The van der Waals surface area contributed by atoms with Gasteiger partial charge in [0.25, 0.3) is 0 Å². The average Bonchev–Trinajstić information content (AvgIpc) is 3.27. The van der Waals surface area contributed by atoms with Crippen LogP contribution in [0.2, 0.25) is 0 Å². The van der Waals surface area contributed by atoms with Crippen LogP contribution in [0, 0.1) is 13.8 Å². The molecule has 1 saturated heterocycles. The predicted molar refractivity (Wildman–Crippen MR) is 104 cm³/mol. The molecule has 2 amide bonds. The summed E-state index contributed by atoms with van der Waals surface area (Å²) in [4.78, 5) is 12.4. The maximum absolute atomic E-state index is 12.4. The fraction of sp³-hybridized carbons (Fsp3) is 0.500. The fourth-order valence-corrected chi connectivity index (χ4v) is 3.29. The van der Waals surface area contributed by atoms with Crippen molar-refractivity contribution in [3.63, 3.8) is 0 Å².